The summed E-state index contributed by atoms with van der Waals surface area (Å²) in [6.07, 6.45) is 7.16. The van der Waals surface area contributed by atoms with Crippen molar-refractivity contribution in [2.75, 3.05) is 4.90 Å². The zero-order valence-corrected chi connectivity index (χ0v) is 42.0. The minimum Gasteiger partial charge on any atom is -0.311 e. The molecule has 9 aromatic carbocycles. The Bertz CT molecular complexity index is 3610. The number of anilines is 3. The third kappa shape index (κ3) is 10.4. The van der Waals surface area contributed by atoms with Gasteiger partial charge in [0.1, 0.15) is 24.4 Å². The molecule has 2 aromatic heterocycles. The topological polar surface area (TPSA) is 92.4 Å². The van der Waals surface area contributed by atoms with E-state index >= 15 is 0 Å². The lowest BCUT2D eigenvalue weighted by Gasteiger charge is -2.27. The Kier molecular flexibility index (Phi) is 13.9. The van der Waals surface area contributed by atoms with Crippen LogP contribution in [0.15, 0.2) is 283 Å². The molecular weight excluding hydrogens is 941 g/mol. The van der Waals surface area contributed by atoms with Gasteiger partial charge in [-0.05, 0) is 121 Å². The number of hydrogen-bond acceptors (Lipinski definition) is 8. The second-order valence-electron chi connectivity index (χ2n) is 18.5. The van der Waals surface area contributed by atoms with E-state index in [-0.39, 0.29) is 6.04 Å². The smallest absolute Gasteiger partial charge is 0.182 e. The Morgan fingerprint density at radius 1 is 0.364 bits per heavy atom. The SMILES string of the molecule is C1=NC=NC(c2nc(-c3ccc(N(c4ccc(C(=C(c5ccccc5)c5ccccc5)c5ccccc5)cc4)c4ccc(C(=C(c5ccccc5)c5ccccc5)c5ccccc5)cc4)cc3)nc(-c3ccncn3)n2)C1. The zero-order valence-electron chi connectivity index (χ0n) is 42.0. The number of aromatic nitrogens is 5. The van der Waals surface area contributed by atoms with Crippen molar-refractivity contribution in [1.29, 1.82) is 0 Å². The highest BCUT2D eigenvalue weighted by molar-refractivity contribution is 6.06. The number of hydrogen-bond donors (Lipinski definition) is 0. The van der Waals surface area contributed by atoms with Crippen molar-refractivity contribution in [2.45, 2.75) is 12.5 Å². The van der Waals surface area contributed by atoms with Crippen molar-refractivity contribution < 1.29 is 0 Å². The van der Waals surface area contributed by atoms with E-state index in [1.54, 1.807) is 18.6 Å². The van der Waals surface area contributed by atoms with E-state index in [1.807, 2.05) is 6.21 Å². The molecule has 77 heavy (non-hydrogen) atoms. The first-order chi connectivity index (χ1) is 38.2. The molecule has 11 aromatic rings. The van der Waals surface area contributed by atoms with Crippen LogP contribution in [0.2, 0.25) is 0 Å². The molecule has 0 saturated heterocycles. The van der Waals surface area contributed by atoms with Gasteiger partial charge < -0.3 is 4.90 Å². The molecule has 1 unspecified atom stereocenters. The van der Waals surface area contributed by atoms with E-state index in [4.69, 9.17) is 15.0 Å². The Hall–Kier alpha value is -10.3. The van der Waals surface area contributed by atoms with Gasteiger partial charge in [0.05, 0.1) is 0 Å². The van der Waals surface area contributed by atoms with Crippen LogP contribution in [-0.4, -0.2) is 37.5 Å². The Labute approximate surface area is 448 Å². The van der Waals surface area contributed by atoms with Crippen molar-refractivity contribution in [2.24, 2.45) is 9.98 Å². The first-order valence-corrected chi connectivity index (χ1v) is 25.7. The average Bonchev–Trinajstić information content (AvgIpc) is 3.52. The Morgan fingerprint density at radius 2 is 0.727 bits per heavy atom. The predicted molar refractivity (Wildman–Crippen MR) is 314 cm³/mol. The highest BCUT2D eigenvalue weighted by Crippen LogP contribution is 2.42. The summed E-state index contributed by atoms with van der Waals surface area (Å²) in [6, 6.07) is 92.0. The number of aliphatic imine (C=N–C) groups is 2. The lowest BCUT2D eigenvalue weighted by molar-refractivity contribution is 0.697. The molecule has 3 heterocycles. The first-order valence-electron chi connectivity index (χ1n) is 25.7. The van der Waals surface area contributed by atoms with Gasteiger partial charge >= 0.3 is 0 Å². The summed E-state index contributed by atoms with van der Waals surface area (Å²) in [6.45, 7) is 0. The quantitative estimate of drug-likeness (QED) is 0.101. The van der Waals surface area contributed by atoms with Crippen molar-refractivity contribution in [3.05, 3.63) is 324 Å². The van der Waals surface area contributed by atoms with E-state index in [9.17, 15) is 0 Å². The van der Waals surface area contributed by atoms with Crippen molar-refractivity contribution in [3.8, 4) is 22.9 Å². The summed E-state index contributed by atoms with van der Waals surface area (Å²) >= 11 is 0. The van der Waals surface area contributed by atoms with E-state index in [0.29, 0.717) is 29.6 Å². The normalized spacial score (nSPS) is 12.6. The molecule has 1 aliphatic rings. The third-order valence-electron chi connectivity index (χ3n) is 13.6. The number of benzene rings is 9. The van der Waals surface area contributed by atoms with Gasteiger partial charge in [-0.3, -0.25) is 4.99 Å². The van der Waals surface area contributed by atoms with Gasteiger partial charge in [0.2, 0.25) is 0 Å². The first kappa shape index (κ1) is 47.7. The minimum absolute atomic E-state index is 0.294. The fourth-order valence-corrected chi connectivity index (χ4v) is 9.98. The van der Waals surface area contributed by atoms with Crippen LogP contribution in [0.3, 0.4) is 0 Å². The molecule has 0 bridgehead atoms. The van der Waals surface area contributed by atoms with Crippen LogP contribution in [0.4, 0.5) is 17.1 Å². The Balaban J connectivity index is 1.01. The summed E-state index contributed by atoms with van der Waals surface area (Å²) < 4.78 is 0. The van der Waals surface area contributed by atoms with Gasteiger partial charge in [0.15, 0.2) is 17.5 Å². The predicted octanol–water partition coefficient (Wildman–Crippen LogP) is 16.0. The maximum absolute atomic E-state index is 5.00. The average molecular weight is 991 g/mol. The molecule has 8 nitrogen and oxygen atoms in total. The summed E-state index contributed by atoms with van der Waals surface area (Å²) in [7, 11) is 0. The second-order valence-corrected chi connectivity index (χ2v) is 18.5. The third-order valence-corrected chi connectivity index (χ3v) is 13.6. The molecule has 0 fully saturated rings. The Morgan fingerprint density at radius 3 is 1.08 bits per heavy atom. The molecule has 8 heteroatoms. The summed E-state index contributed by atoms with van der Waals surface area (Å²) in [5.41, 5.74) is 18.0. The molecule has 0 radical (unpaired) electrons. The van der Waals surface area contributed by atoms with E-state index in [1.165, 1.54) is 6.33 Å². The van der Waals surface area contributed by atoms with Crippen LogP contribution in [0.5, 0.6) is 0 Å². The van der Waals surface area contributed by atoms with Crippen molar-refractivity contribution in [3.63, 3.8) is 0 Å². The van der Waals surface area contributed by atoms with Gasteiger partial charge in [-0.1, -0.05) is 206 Å². The zero-order chi connectivity index (χ0) is 51.6. The standard InChI is InChI=1S/C69H50N8/c1-7-19-49(20-8-1)63(50-21-9-2-10-22-50)65(53-27-15-5-16-28-53)55-31-37-58(38-32-55)77(60-41-35-57(36-42-60)67-74-68(61-43-45-70-47-72-61)76-69(75-67)62-44-46-71-48-73-62)59-39-33-56(34-40-59)66(54-29-17-6-18-30-54)64(51-23-11-3-12-24-51)52-25-13-4-14-26-52/h1-43,45-48,62H,44H2. The maximum Gasteiger partial charge on any atom is 0.182 e. The minimum atomic E-state index is -0.294. The summed E-state index contributed by atoms with van der Waals surface area (Å²) in [4.78, 5) is 34.5. The summed E-state index contributed by atoms with van der Waals surface area (Å²) in [5.74, 6) is 1.53. The summed E-state index contributed by atoms with van der Waals surface area (Å²) in [5, 5.41) is 0. The fraction of sp³-hybridized carbons (Fsp3) is 0.0290. The largest absolute Gasteiger partial charge is 0.311 e. The van der Waals surface area contributed by atoms with Gasteiger partial charge in [-0.15, -0.1) is 0 Å². The lowest BCUT2D eigenvalue weighted by Crippen LogP contribution is -2.11. The van der Waals surface area contributed by atoms with Gasteiger partial charge in [-0.25, -0.2) is 29.9 Å². The second kappa shape index (κ2) is 22.4. The molecule has 0 aliphatic carbocycles. The maximum atomic E-state index is 5.00. The highest BCUT2D eigenvalue weighted by atomic mass is 15.1. The van der Waals surface area contributed by atoms with Crippen LogP contribution in [-0.2, 0) is 0 Å². The molecule has 0 spiro atoms. The molecular formula is C69H50N8. The van der Waals surface area contributed by atoms with Crippen molar-refractivity contribution in [1.82, 2.24) is 24.9 Å². The highest BCUT2D eigenvalue weighted by Gasteiger charge is 2.23. The van der Waals surface area contributed by atoms with Crippen molar-refractivity contribution >= 4 is 51.9 Å². The fourth-order valence-electron chi connectivity index (χ4n) is 9.98. The number of rotatable bonds is 14. The van der Waals surface area contributed by atoms with Crippen LogP contribution in [0.25, 0.3) is 45.2 Å². The van der Waals surface area contributed by atoms with Crippen LogP contribution in [0, 0.1) is 0 Å². The molecule has 1 atom stereocenters. The van der Waals surface area contributed by atoms with E-state index in [2.05, 4.69) is 280 Å². The van der Waals surface area contributed by atoms with Crippen LogP contribution >= 0.6 is 0 Å². The van der Waals surface area contributed by atoms with E-state index < -0.39 is 0 Å². The lowest BCUT2D eigenvalue weighted by atomic mass is 9.85. The van der Waals surface area contributed by atoms with Gasteiger partial charge in [0, 0.05) is 41.5 Å². The number of nitrogens with zero attached hydrogens (tertiary/aromatic N) is 8. The molecule has 12 rings (SSSR count). The van der Waals surface area contributed by atoms with E-state index in [0.717, 1.165) is 89.4 Å². The van der Waals surface area contributed by atoms with Gasteiger partial charge in [-0.2, -0.15) is 0 Å². The molecule has 366 valence electrons. The molecule has 0 saturated carbocycles. The van der Waals surface area contributed by atoms with Crippen LogP contribution < -0.4 is 4.90 Å². The molecule has 0 N–H and O–H groups in total. The molecule has 1 aliphatic heterocycles. The van der Waals surface area contributed by atoms with Gasteiger partial charge in [0.25, 0.3) is 0 Å². The monoisotopic (exact) mass is 990 g/mol. The van der Waals surface area contributed by atoms with Crippen LogP contribution in [0.1, 0.15) is 62.8 Å². The molecule has 0 amide bonds.